The number of ether oxygens (including phenoxy) is 1. The summed E-state index contributed by atoms with van der Waals surface area (Å²) in [5.74, 6) is -0.853. The van der Waals surface area contributed by atoms with Gasteiger partial charge in [-0.05, 0) is 53.7 Å². The summed E-state index contributed by atoms with van der Waals surface area (Å²) in [4.78, 5) is 24.3. The minimum atomic E-state index is -0.853. The number of benzene rings is 3. The van der Waals surface area contributed by atoms with Gasteiger partial charge in [0.25, 0.3) is 0 Å². The van der Waals surface area contributed by atoms with Crippen molar-refractivity contribution in [3.63, 3.8) is 0 Å². The fourth-order valence-corrected chi connectivity index (χ4v) is 4.82. The van der Waals surface area contributed by atoms with Crippen LogP contribution in [0.15, 0.2) is 72.8 Å². The van der Waals surface area contributed by atoms with Gasteiger partial charge in [0.05, 0.1) is 22.7 Å². The Labute approximate surface area is 212 Å². The maximum Gasteiger partial charge on any atom is 0.412 e. The molecule has 6 nitrogen and oxygen atoms in total. The van der Waals surface area contributed by atoms with Gasteiger partial charge in [-0.15, -0.1) is 0 Å². The molecule has 0 aliphatic carbocycles. The molecule has 0 radical (unpaired) electrons. The maximum absolute atomic E-state index is 12.6. The molecule has 1 unspecified atom stereocenters. The largest absolute Gasteiger partial charge is 0.481 e. The molecule has 0 bridgehead atoms. The molecule has 1 heterocycles. The van der Waals surface area contributed by atoms with E-state index in [1.54, 1.807) is 13.0 Å². The molecule has 0 spiro atoms. The van der Waals surface area contributed by atoms with Gasteiger partial charge in [0, 0.05) is 10.6 Å². The minimum Gasteiger partial charge on any atom is -0.481 e. The van der Waals surface area contributed by atoms with Crippen LogP contribution in [0, 0.1) is 6.92 Å². The molecule has 3 aromatic carbocycles. The van der Waals surface area contributed by atoms with E-state index in [1.807, 2.05) is 73.7 Å². The Morgan fingerprint density at radius 2 is 1.60 bits per heavy atom. The van der Waals surface area contributed by atoms with Crippen LogP contribution in [-0.4, -0.2) is 21.5 Å². The number of hydrogen-bond acceptors (Lipinski definition) is 5. The van der Waals surface area contributed by atoms with E-state index in [1.165, 1.54) is 11.5 Å². The normalized spacial score (nSPS) is 11.6. The number of aryl methyl sites for hydroxylation is 1. The van der Waals surface area contributed by atoms with Crippen LogP contribution in [0.1, 0.15) is 29.8 Å². The van der Waals surface area contributed by atoms with Crippen LogP contribution in [-0.2, 0) is 16.0 Å². The van der Waals surface area contributed by atoms with Gasteiger partial charge in [-0.2, -0.15) is 4.37 Å². The zero-order chi connectivity index (χ0) is 24.9. The summed E-state index contributed by atoms with van der Waals surface area (Å²) in [5.41, 5.74) is 5.70. The third-order valence-electron chi connectivity index (χ3n) is 5.51. The zero-order valence-electron chi connectivity index (χ0n) is 19.1. The summed E-state index contributed by atoms with van der Waals surface area (Å²) in [6.45, 7) is 3.60. The predicted molar refractivity (Wildman–Crippen MR) is 139 cm³/mol. The predicted octanol–water partition coefficient (Wildman–Crippen LogP) is 7.38. The minimum absolute atomic E-state index is 0.000671. The first-order valence-corrected chi connectivity index (χ1v) is 12.1. The standard InChI is InChI=1S/C27H23ClN2O4S/c1-16-25(29-27(33)34-17(2)22-5-3-4-6-23(22)28)26(35-30-16)21-13-11-20(12-14-21)19-9-7-18(8-10-19)15-24(31)32/h3-14,17H,15H2,1-2H3,(H,29,33)(H,31,32). The lowest BCUT2D eigenvalue weighted by atomic mass is 10.0. The molecule has 2 N–H and O–H groups in total. The number of nitrogens with one attached hydrogen (secondary N) is 1. The number of aromatic nitrogens is 1. The Balaban J connectivity index is 1.48. The second kappa shape index (κ2) is 10.7. The van der Waals surface area contributed by atoms with Gasteiger partial charge < -0.3 is 9.84 Å². The highest BCUT2D eigenvalue weighted by molar-refractivity contribution is 7.10. The Bertz CT molecular complexity index is 1350. The monoisotopic (exact) mass is 506 g/mol. The second-order valence-corrected chi connectivity index (χ2v) is 9.19. The first kappa shape index (κ1) is 24.4. The Morgan fingerprint density at radius 3 is 2.23 bits per heavy atom. The fourth-order valence-electron chi connectivity index (χ4n) is 3.68. The first-order chi connectivity index (χ1) is 16.8. The van der Waals surface area contributed by atoms with Gasteiger partial charge in [-0.25, -0.2) is 4.79 Å². The summed E-state index contributed by atoms with van der Waals surface area (Å²) in [6, 6.07) is 22.6. The number of carbonyl (C=O) groups excluding carboxylic acids is 1. The molecule has 0 fully saturated rings. The van der Waals surface area contributed by atoms with Gasteiger partial charge in [-0.3, -0.25) is 10.1 Å². The molecule has 8 heteroatoms. The summed E-state index contributed by atoms with van der Waals surface area (Å²) in [6.07, 6.45) is -1.10. The molecule has 0 aliphatic heterocycles. The Kier molecular flexibility index (Phi) is 7.48. The van der Waals surface area contributed by atoms with Crippen molar-refractivity contribution < 1.29 is 19.4 Å². The molecule has 4 rings (SSSR count). The number of nitrogens with zero attached hydrogens (tertiary/aromatic N) is 1. The topological polar surface area (TPSA) is 88.5 Å². The number of carboxylic acid groups (broad SMARTS) is 1. The van der Waals surface area contributed by atoms with E-state index in [0.717, 1.165) is 32.7 Å². The molecule has 0 saturated heterocycles. The lowest BCUT2D eigenvalue weighted by Crippen LogP contribution is -2.16. The highest BCUT2D eigenvalue weighted by Gasteiger charge is 2.19. The van der Waals surface area contributed by atoms with Crippen LogP contribution >= 0.6 is 23.1 Å². The second-order valence-electron chi connectivity index (χ2n) is 8.01. The molecule has 35 heavy (non-hydrogen) atoms. The number of anilines is 1. The van der Waals surface area contributed by atoms with Crippen LogP contribution in [0.25, 0.3) is 21.6 Å². The number of hydrogen-bond donors (Lipinski definition) is 2. The van der Waals surface area contributed by atoms with Crippen molar-refractivity contribution in [1.29, 1.82) is 0 Å². The lowest BCUT2D eigenvalue weighted by Gasteiger charge is -2.16. The van der Waals surface area contributed by atoms with E-state index in [-0.39, 0.29) is 6.42 Å². The summed E-state index contributed by atoms with van der Waals surface area (Å²) >= 11 is 7.52. The number of rotatable bonds is 7. The summed E-state index contributed by atoms with van der Waals surface area (Å²) in [7, 11) is 0. The molecule has 0 aliphatic rings. The van der Waals surface area contributed by atoms with Crippen molar-refractivity contribution in [3.05, 3.63) is 94.6 Å². The van der Waals surface area contributed by atoms with E-state index in [9.17, 15) is 9.59 Å². The van der Waals surface area contributed by atoms with Crippen LogP contribution in [0.4, 0.5) is 10.5 Å². The lowest BCUT2D eigenvalue weighted by molar-refractivity contribution is -0.136. The van der Waals surface area contributed by atoms with Crippen LogP contribution in [0.5, 0.6) is 0 Å². The summed E-state index contributed by atoms with van der Waals surface area (Å²) in [5, 5.41) is 12.3. The van der Waals surface area contributed by atoms with Crippen molar-refractivity contribution in [2.75, 3.05) is 5.32 Å². The highest BCUT2D eigenvalue weighted by atomic mass is 35.5. The molecule has 1 atom stereocenters. The molecule has 178 valence electrons. The molecule has 4 aromatic rings. The maximum atomic E-state index is 12.6. The van der Waals surface area contributed by atoms with Crippen molar-refractivity contribution in [2.45, 2.75) is 26.4 Å². The number of halogens is 1. The van der Waals surface area contributed by atoms with Crippen molar-refractivity contribution in [2.24, 2.45) is 0 Å². The fraction of sp³-hybridized carbons (Fsp3) is 0.148. The molecule has 1 amide bonds. The van der Waals surface area contributed by atoms with Crippen LogP contribution in [0.2, 0.25) is 5.02 Å². The number of carbonyl (C=O) groups is 2. The highest BCUT2D eigenvalue weighted by Crippen LogP contribution is 2.36. The molecular formula is C27H23ClN2O4S. The Hall–Kier alpha value is -3.68. The first-order valence-electron chi connectivity index (χ1n) is 10.9. The van der Waals surface area contributed by atoms with Gasteiger partial charge in [0.2, 0.25) is 0 Å². The molecule has 1 aromatic heterocycles. The van der Waals surface area contributed by atoms with Gasteiger partial charge in [0.15, 0.2) is 0 Å². The molecular weight excluding hydrogens is 484 g/mol. The van der Waals surface area contributed by atoms with E-state index in [4.69, 9.17) is 21.4 Å². The van der Waals surface area contributed by atoms with E-state index in [2.05, 4.69) is 9.69 Å². The number of aliphatic carboxylic acids is 1. The van der Waals surface area contributed by atoms with E-state index < -0.39 is 18.2 Å². The number of amides is 1. The average molecular weight is 507 g/mol. The third kappa shape index (κ3) is 5.88. The van der Waals surface area contributed by atoms with Crippen molar-refractivity contribution >= 4 is 40.9 Å². The average Bonchev–Trinajstić information content (AvgIpc) is 3.19. The smallest absolute Gasteiger partial charge is 0.412 e. The Morgan fingerprint density at radius 1 is 1.00 bits per heavy atom. The SMILES string of the molecule is Cc1nsc(-c2ccc(-c3ccc(CC(=O)O)cc3)cc2)c1NC(=O)OC(C)c1ccccc1Cl. The van der Waals surface area contributed by atoms with Gasteiger partial charge >= 0.3 is 12.1 Å². The summed E-state index contributed by atoms with van der Waals surface area (Å²) < 4.78 is 9.97. The quantitative estimate of drug-likeness (QED) is 0.273. The van der Waals surface area contributed by atoms with Crippen molar-refractivity contribution in [3.8, 4) is 21.6 Å². The van der Waals surface area contributed by atoms with Gasteiger partial charge in [-0.1, -0.05) is 78.3 Å². The van der Waals surface area contributed by atoms with Crippen LogP contribution in [0.3, 0.4) is 0 Å². The van der Waals surface area contributed by atoms with E-state index in [0.29, 0.717) is 16.4 Å². The zero-order valence-corrected chi connectivity index (χ0v) is 20.7. The molecule has 0 saturated carbocycles. The van der Waals surface area contributed by atoms with E-state index >= 15 is 0 Å². The number of carboxylic acids is 1. The van der Waals surface area contributed by atoms with Crippen molar-refractivity contribution in [1.82, 2.24) is 4.37 Å². The third-order valence-corrected chi connectivity index (χ3v) is 6.84. The van der Waals surface area contributed by atoms with Gasteiger partial charge in [0.1, 0.15) is 6.10 Å². The van der Waals surface area contributed by atoms with Crippen LogP contribution < -0.4 is 5.32 Å².